The summed E-state index contributed by atoms with van der Waals surface area (Å²) in [5.74, 6) is -0.310. The second-order valence-corrected chi connectivity index (χ2v) is 5.42. The molecule has 0 radical (unpaired) electrons. The van der Waals surface area contributed by atoms with Gasteiger partial charge in [0, 0.05) is 26.0 Å². The van der Waals surface area contributed by atoms with Crippen molar-refractivity contribution in [2.45, 2.75) is 26.8 Å². The third-order valence-electron chi connectivity index (χ3n) is 4.13. The highest BCUT2D eigenvalue weighted by Crippen LogP contribution is 2.18. The Morgan fingerprint density at radius 3 is 2.64 bits per heavy atom. The van der Waals surface area contributed by atoms with E-state index in [2.05, 4.69) is 9.97 Å². The lowest BCUT2D eigenvalue weighted by atomic mass is 10.1. The van der Waals surface area contributed by atoms with Crippen LogP contribution >= 0.6 is 0 Å². The molecule has 6 nitrogen and oxygen atoms in total. The minimum Gasteiger partial charge on any atom is -0.333 e. The summed E-state index contributed by atoms with van der Waals surface area (Å²) in [6.45, 7) is 5.61. The maximum absolute atomic E-state index is 12.7. The lowest BCUT2D eigenvalue weighted by Crippen LogP contribution is -2.36. The van der Waals surface area contributed by atoms with Crippen molar-refractivity contribution in [1.82, 2.24) is 19.4 Å². The number of carbonyl (C=O) groups excluding carboxylic acids is 1. The topological polar surface area (TPSA) is 68.1 Å². The van der Waals surface area contributed by atoms with Gasteiger partial charge in [0.05, 0.1) is 11.7 Å². The molecule has 1 atom stereocenters. The molecule has 0 saturated heterocycles. The molecule has 0 saturated carbocycles. The first-order valence-electron chi connectivity index (χ1n) is 7.05. The van der Waals surface area contributed by atoms with Gasteiger partial charge >= 0.3 is 0 Å². The summed E-state index contributed by atoms with van der Waals surface area (Å²) in [6, 6.07) is 3.16. The highest BCUT2D eigenvalue weighted by molar-refractivity contribution is 5.94. The number of amides is 1. The van der Waals surface area contributed by atoms with Crippen LogP contribution in [0, 0.1) is 13.8 Å². The van der Waals surface area contributed by atoms with Gasteiger partial charge in [-0.2, -0.15) is 0 Å². The normalized spacial score (nSPS) is 12.0. The van der Waals surface area contributed by atoms with E-state index in [-0.39, 0.29) is 23.1 Å². The quantitative estimate of drug-likeness (QED) is 0.864. The molecule has 6 heteroatoms. The average molecular weight is 300 g/mol. The minimum absolute atomic E-state index is 0.175. The van der Waals surface area contributed by atoms with Crippen LogP contribution in [0.25, 0.3) is 0 Å². The number of hydrogen-bond donors (Lipinski definition) is 0. The molecular formula is C16H20N4O2. The van der Waals surface area contributed by atoms with Gasteiger partial charge < -0.3 is 9.47 Å². The highest BCUT2D eigenvalue weighted by Gasteiger charge is 2.23. The predicted octanol–water partition coefficient (Wildman–Crippen LogP) is 1.63. The van der Waals surface area contributed by atoms with E-state index >= 15 is 0 Å². The number of pyridine rings is 1. The zero-order valence-corrected chi connectivity index (χ0v) is 13.5. The largest absolute Gasteiger partial charge is 0.333 e. The smallest absolute Gasteiger partial charge is 0.263 e. The Bertz CT molecular complexity index is 753. The van der Waals surface area contributed by atoms with E-state index in [4.69, 9.17) is 0 Å². The Morgan fingerprint density at radius 2 is 2.05 bits per heavy atom. The van der Waals surface area contributed by atoms with E-state index in [0.29, 0.717) is 0 Å². The maximum Gasteiger partial charge on any atom is 0.263 e. The number of aromatic nitrogens is 3. The van der Waals surface area contributed by atoms with Gasteiger partial charge in [-0.25, -0.2) is 9.97 Å². The maximum atomic E-state index is 12.7. The molecule has 2 heterocycles. The van der Waals surface area contributed by atoms with E-state index in [1.165, 1.54) is 15.8 Å². The van der Waals surface area contributed by atoms with Crippen molar-refractivity contribution >= 4 is 5.91 Å². The Balaban J connectivity index is 2.38. The van der Waals surface area contributed by atoms with E-state index < -0.39 is 0 Å². The van der Waals surface area contributed by atoms with Crippen molar-refractivity contribution in [1.29, 1.82) is 0 Å². The Kier molecular flexibility index (Phi) is 4.40. The molecule has 0 aliphatic carbocycles. The van der Waals surface area contributed by atoms with Crippen molar-refractivity contribution in [3.63, 3.8) is 0 Å². The van der Waals surface area contributed by atoms with Crippen LogP contribution in [0.4, 0.5) is 0 Å². The fourth-order valence-electron chi connectivity index (χ4n) is 2.25. The van der Waals surface area contributed by atoms with Gasteiger partial charge in [0.1, 0.15) is 11.9 Å². The highest BCUT2D eigenvalue weighted by atomic mass is 16.2. The molecule has 0 bridgehead atoms. The van der Waals surface area contributed by atoms with Gasteiger partial charge in [-0.1, -0.05) is 0 Å². The first-order valence-corrected chi connectivity index (χ1v) is 7.05. The van der Waals surface area contributed by atoms with E-state index in [1.807, 2.05) is 20.8 Å². The Labute approximate surface area is 129 Å². The number of rotatable bonds is 3. The number of carbonyl (C=O) groups is 1. The molecular weight excluding hydrogens is 280 g/mol. The minimum atomic E-state index is -0.310. The van der Waals surface area contributed by atoms with E-state index in [9.17, 15) is 9.59 Å². The average Bonchev–Trinajstić information content (AvgIpc) is 2.55. The summed E-state index contributed by atoms with van der Waals surface area (Å²) in [5, 5.41) is 0. The van der Waals surface area contributed by atoms with Gasteiger partial charge in [0.2, 0.25) is 0 Å². The third kappa shape index (κ3) is 2.77. The monoisotopic (exact) mass is 300 g/mol. The molecule has 0 fully saturated rings. The molecule has 0 unspecified atom stereocenters. The van der Waals surface area contributed by atoms with Gasteiger partial charge in [0.25, 0.3) is 11.5 Å². The van der Waals surface area contributed by atoms with Crippen LogP contribution in [0.3, 0.4) is 0 Å². The summed E-state index contributed by atoms with van der Waals surface area (Å²) in [5.41, 5.74) is 2.39. The fourth-order valence-corrected chi connectivity index (χ4v) is 2.25. The lowest BCUT2D eigenvalue weighted by Gasteiger charge is -2.24. The molecule has 2 rings (SSSR count). The van der Waals surface area contributed by atoms with Crippen LogP contribution in [-0.4, -0.2) is 32.4 Å². The lowest BCUT2D eigenvalue weighted by molar-refractivity contribution is 0.0737. The van der Waals surface area contributed by atoms with Gasteiger partial charge in [-0.15, -0.1) is 0 Å². The molecule has 116 valence electrons. The van der Waals surface area contributed by atoms with Gasteiger partial charge in [-0.3, -0.25) is 9.59 Å². The Hall–Kier alpha value is -2.50. The summed E-state index contributed by atoms with van der Waals surface area (Å²) in [7, 11) is 3.35. The first-order chi connectivity index (χ1) is 10.3. The molecule has 22 heavy (non-hydrogen) atoms. The summed E-state index contributed by atoms with van der Waals surface area (Å²) < 4.78 is 1.51. The van der Waals surface area contributed by atoms with Gasteiger partial charge in [-0.05, 0) is 38.5 Å². The molecule has 0 N–H and O–H groups in total. The van der Waals surface area contributed by atoms with Crippen molar-refractivity contribution in [2.75, 3.05) is 7.05 Å². The number of nitrogens with zero attached hydrogens (tertiary/aromatic N) is 4. The predicted molar refractivity (Wildman–Crippen MR) is 83.7 cm³/mol. The molecule has 0 spiro atoms. The van der Waals surface area contributed by atoms with Crippen molar-refractivity contribution in [2.24, 2.45) is 7.05 Å². The molecule has 0 aliphatic rings. The second kappa shape index (κ2) is 6.09. The van der Waals surface area contributed by atoms with Crippen LogP contribution in [-0.2, 0) is 7.05 Å². The molecule has 0 aromatic carbocycles. The van der Waals surface area contributed by atoms with Gasteiger partial charge in [0.15, 0.2) is 0 Å². The van der Waals surface area contributed by atoms with Crippen molar-refractivity contribution < 1.29 is 4.79 Å². The van der Waals surface area contributed by atoms with E-state index in [1.54, 1.807) is 32.4 Å². The van der Waals surface area contributed by atoms with Crippen LogP contribution in [0.1, 0.15) is 40.3 Å². The molecule has 2 aromatic heterocycles. The van der Waals surface area contributed by atoms with Crippen LogP contribution in [0.15, 0.2) is 29.5 Å². The fraction of sp³-hybridized carbons (Fsp3) is 0.375. The molecule has 0 aliphatic heterocycles. The Morgan fingerprint density at radius 1 is 1.36 bits per heavy atom. The van der Waals surface area contributed by atoms with Crippen LogP contribution in [0.2, 0.25) is 0 Å². The second-order valence-electron chi connectivity index (χ2n) is 5.42. The third-order valence-corrected chi connectivity index (χ3v) is 4.13. The summed E-state index contributed by atoms with van der Waals surface area (Å²) in [4.78, 5) is 34.6. The van der Waals surface area contributed by atoms with Crippen LogP contribution < -0.4 is 5.56 Å². The molecule has 2 aromatic rings. The number of aryl methyl sites for hydroxylation is 1. The summed E-state index contributed by atoms with van der Waals surface area (Å²) >= 11 is 0. The van der Waals surface area contributed by atoms with Crippen LogP contribution in [0.5, 0.6) is 0 Å². The van der Waals surface area contributed by atoms with E-state index in [0.717, 1.165) is 17.0 Å². The first kappa shape index (κ1) is 15.9. The van der Waals surface area contributed by atoms with Crippen molar-refractivity contribution in [3.8, 4) is 0 Å². The molecule has 1 amide bonds. The van der Waals surface area contributed by atoms with Crippen molar-refractivity contribution in [3.05, 3.63) is 57.5 Å². The summed E-state index contributed by atoms with van der Waals surface area (Å²) in [6.07, 6.45) is 3.07. The number of hydrogen-bond acceptors (Lipinski definition) is 4. The standard InChI is InChI=1S/C16H20N4O2/c1-10-8-13(15(21)19(4)11(10)2)16(22)20(5)12(3)14-6-7-17-9-18-14/h6-9,12H,1-5H3/t12-/m0/s1. The zero-order chi connectivity index (χ0) is 16.4. The zero-order valence-electron chi connectivity index (χ0n) is 13.5. The SMILES string of the molecule is Cc1cc(C(=O)N(C)[C@@H](C)c2ccncn2)c(=O)n(C)c1C.